The highest BCUT2D eigenvalue weighted by molar-refractivity contribution is 5.47. The van der Waals surface area contributed by atoms with Crippen molar-refractivity contribution in [3.8, 4) is 0 Å². The number of nitrogens with zero attached hydrogens (tertiary/aromatic N) is 4. The van der Waals surface area contributed by atoms with Gasteiger partial charge in [0.1, 0.15) is 11.5 Å². The number of aromatic nitrogens is 1. The van der Waals surface area contributed by atoms with E-state index in [2.05, 4.69) is 28.6 Å². The van der Waals surface area contributed by atoms with Gasteiger partial charge in [0, 0.05) is 25.2 Å². The van der Waals surface area contributed by atoms with Crippen LogP contribution in [0.4, 0.5) is 11.5 Å². The first-order valence-electron chi connectivity index (χ1n) is 6.36. The quantitative estimate of drug-likeness (QED) is 0.582. The lowest BCUT2D eigenvalue weighted by Crippen LogP contribution is -2.37. The fourth-order valence-corrected chi connectivity index (χ4v) is 1.84. The monoisotopic (exact) mass is 266 g/mol. The van der Waals surface area contributed by atoms with Gasteiger partial charge in [-0.25, -0.2) is 4.98 Å². The minimum Gasteiger partial charge on any atom is -0.353 e. The Kier molecular flexibility index (Phi) is 5.23. The molecule has 0 saturated heterocycles. The molecule has 0 aromatic carbocycles. The Balaban J connectivity index is 2.97. The molecule has 0 saturated carbocycles. The van der Waals surface area contributed by atoms with E-state index in [0.29, 0.717) is 11.7 Å². The Hall–Kier alpha value is -1.69. The fraction of sp³-hybridized carbons (Fsp3) is 0.615. The molecule has 0 radical (unpaired) electrons. The molecule has 0 bridgehead atoms. The van der Waals surface area contributed by atoms with Crippen molar-refractivity contribution >= 4 is 11.5 Å². The molecule has 0 unspecified atom stereocenters. The van der Waals surface area contributed by atoms with Crippen molar-refractivity contribution in [3.63, 3.8) is 0 Å². The van der Waals surface area contributed by atoms with Gasteiger partial charge in [0.15, 0.2) is 0 Å². The van der Waals surface area contributed by atoms with Crippen LogP contribution in [0.25, 0.3) is 0 Å². The number of aryl methyl sites for hydroxylation is 1. The number of nitro groups is 1. The first-order valence-corrected chi connectivity index (χ1v) is 6.36. The lowest BCUT2D eigenvalue weighted by atomic mass is 10.2. The van der Waals surface area contributed by atoms with Gasteiger partial charge >= 0.3 is 0 Å². The van der Waals surface area contributed by atoms with Gasteiger partial charge in [-0.15, -0.1) is 0 Å². The molecule has 0 aliphatic carbocycles. The molecule has 0 aliphatic rings. The first kappa shape index (κ1) is 15.4. The van der Waals surface area contributed by atoms with Gasteiger partial charge in [0.25, 0.3) is 5.69 Å². The molecule has 0 fully saturated rings. The van der Waals surface area contributed by atoms with Crippen LogP contribution in [0.3, 0.4) is 0 Å². The summed E-state index contributed by atoms with van der Waals surface area (Å²) in [6.07, 6.45) is 0. The summed E-state index contributed by atoms with van der Waals surface area (Å²) in [5.74, 6) is 0.792. The number of anilines is 1. The zero-order chi connectivity index (χ0) is 14.6. The van der Waals surface area contributed by atoms with Crippen molar-refractivity contribution in [1.29, 1.82) is 0 Å². The predicted octanol–water partition coefficient (Wildman–Crippen LogP) is 2.07. The standard InChI is InChI=1S/C13H22N4O2/c1-10(2)16(9-8-15(4)5)13-7-6-12(17(18)19)11(3)14-13/h6-7,10H,8-9H2,1-5H3. The van der Waals surface area contributed by atoms with Gasteiger partial charge in [-0.1, -0.05) is 0 Å². The van der Waals surface area contributed by atoms with Gasteiger partial charge in [-0.2, -0.15) is 0 Å². The van der Waals surface area contributed by atoms with Crippen molar-refractivity contribution < 1.29 is 4.92 Å². The molecule has 6 heteroatoms. The number of rotatable bonds is 6. The molecule has 19 heavy (non-hydrogen) atoms. The molecule has 0 aliphatic heterocycles. The van der Waals surface area contributed by atoms with Crippen LogP contribution in [-0.2, 0) is 0 Å². The van der Waals surface area contributed by atoms with Crippen LogP contribution in [-0.4, -0.2) is 48.0 Å². The summed E-state index contributed by atoms with van der Waals surface area (Å²) in [5.41, 5.74) is 0.526. The highest BCUT2D eigenvalue weighted by Gasteiger charge is 2.17. The third kappa shape index (κ3) is 4.17. The van der Waals surface area contributed by atoms with E-state index < -0.39 is 4.92 Å². The number of pyridine rings is 1. The molecular weight excluding hydrogens is 244 g/mol. The van der Waals surface area contributed by atoms with Gasteiger partial charge in [-0.3, -0.25) is 10.1 Å². The fourth-order valence-electron chi connectivity index (χ4n) is 1.84. The summed E-state index contributed by atoms with van der Waals surface area (Å²) in [4.78, 5) is 19.0. The van der Waals surface area contributed by atoms with Crippen molar-refractivity contribution in [2.24, 2.45) is 0 Å². The van der Waals surface area contributed by atoms with E-state index in [-0.39, 0.29) is 5.69 Å². The molecule has 1 aromatic heterocycles. The maximum atomic E-state index is 10.8. The maximum absolute atomic E-state index is 10.8. The topological polar surface area (TPSA) is 62.5 Å². The Morgan fingerprint density at radius 3 is 2.37 bits per heavy atom. The van der Waals surface area contributed by atoms with Crippen LogP contribution in [0, 0.1) is 17.0 Å². The maximum Gasteiger partial charge on any atom is 0.290 e. The van der Waals surface area contributed by atoms with Gasteiger partial charge < -0.3 is 9.80 Å². The van der Waals surface area contributed by atoms with E-state index in [4.69, 9.17) is 0 Å². The van der Waals surface area contributed by atoms with Crippen molar-refractivity contribution in [3.05, 3.63) is 27.9 Å². The molecule has 0 spiro atoms. The van der Waals surface area contributed by atoms with Crippen LogP contribution in [0.1, 0.15) is 19.5 Å². The average molecular weight is 266 g/mol. The van der Waals surface area contributed by atoms with Crippen molar-refractivity contribution in [2.75, 3.05) is 32.1 Å². The van der Waals surface area contributed by atoms with Crippen LogP contribution in [0.15, 0.2) is 12.1 Å². The molecule has 1 aromatic rings. The molecule has 6 nitrogen and oxygen atoms in total. The van der Waals surface area contributed by atoms with E-state index >= 15 is 0 Å². The summed E-state index contributed by atoms with van der Waals surface area (Å²) >= 11 is 0. The van der Waals surface area contributed by atoms with Crippen molar-refractivity contribution in [2.45, 2.75) is 26.8 Å². The summed E-state index contributed by atoms with van der Waals surface area (Å²) in [5, 5.41) is 10.8. The summed E-state index contributed by atoms with van der Waals surface area (Å²) in [7, 11) is 4.04. The Labute approximate surface area is 114 Å². The lowest BCUT2D eigenvalue weighted by molar-refractivity contribution is -0.385. The third-order valence-corrected chi connectivity index (χ3v) is 2.95. The highest BCUT2D eigenvalue weighted by Crippen LogP contribution is 2.21. The predicted molar refractivity (Wildman–Crippen MR) is 76.7 cm³/mol. The zero-order valence-electron chi connectivity index (χ0n) is 12.3. The van der Waals surface area contributed by atoms with Crippen LogP contribution >= 0.6 is 0 Å². The van der Waals surface area contributed by atoms with Gasteiger partial charge in [0.05, 0.1) is 4.92 Å². The smallest absolute Gasteiger partial charge is 0.290 e. The highest BCUT2D eigenvalue weighted by atomic mass is 16.6. The summed E-state index contributed by atoms with van der Waals surface area (Å²) in [6, 6.07) is 3.55. The third-order valence-electron chi connectivity index (χ3n) is 2.95. The molecule has 0 amide bonds. The number of hydrogen-bond acceptors (Lipinski definition) is 5. The minimum absolute atomic E-state index is 0.0695. The average Bonchev–Trinajstić information content (AvgIpc) is 2.27. The number of likely N-dealkylation sites (N-methyl/N-ethyl adjacent to an activating group) is 1. The van der Waals surface area contributed by atoms with E-state index in [0.717, 1.165) is 18.9 Å². The normalized spacial score (nSPS) is 11.1. The van der Waals surface area contributed by atoms with E-state index in [1.165, 1.54) is 6.07 Å². The van der Waals surface area contributed by atoms with Gasteiger partial charge in [0.2, 0.25) is 0 Å². The zero-order valence-corrected chi connectivity index (χ0v) is 12.3. The molecule has 106 valence electrons. The van der Waals surface area contributed by atoms with Gasteiger partial charge in [-0.05, 0) is 40.9 Å². The molecule has 1 rings (SSSR count). The lowest BCUT2D eigenvalue weighted by Gasteiger charge is -2.29. The van der Waals surface area contributed by atoms with E-state index in [1.807, 2.05) is 14.1 Å². The largest absolute Gasteiger partial charge is 0.353 e. The Bertz CT molecular complexity index is 446. The van der Waals surface area contributed by atoms with E-state index in [1.54, 1.807) is 13.0 Å². The van der Waals surface area contributed by atoms with Crippen LogP contribution < -0.4 is 4.90 Å². The summed E-state index contributed by atoms with van der Waals surface area (Å²) < 4.78 is 0. The molecule has 0 atom stereocenters. The minimum atomic E-state index is -0.397. The Morgan fingerprint density at radius 2 is 1.95 bits per heavy atom. The van der Waals surface area contributed by atoms with Crippen LogP contribution in [0.5, 0.6) is 0 Å². The van der Waals surface area contributed by atoms with E-state index in [9.17, 15) is 10.1 Å². The second-order valence-electron chi connectivity index (χ2n) is 5.12. The summed E-state index contributed by atoms with van der Waals surface area (Å²) in [6.45, 7) is 7.61. The second kappa shape index (κ2) is 6.47. The second-order valence-corrected chi connectivity index (χ2v) is 5.12. The van der Waals surface area contributed by atoms with Crippen molar-refractivity contribution in [1.82, 2.24) is 9.88 Å². The SMILES string of the molecule is Cc1nc(N(CCN(C)C)C(C)C)ccc1[N+](=O)[O-]. The molecule has 1 heterocycles. The number of hydrogen-bond donors (Lipinski definition) is 0. The molecular formula is C13H22N4O2. The van der Waals surface area contributed by atoms with Crippen LogP contribution in [0.2, 0.25) is 0 Å². The molecule has 0 N–H and O–H groups in total. The Morgan fingerprint density at radius 1 is 1.32 bits per heavy atom. The first-order chi connectivity index (χ1) is 8.82.